The number of benzene rings is 1. The fourth-order valence-corrected chi connectivity index (χ4v) is 3.65. The fraction of sp³-hybridized carbons (Fsp3) is 0.684. The van der Waals surface area contributed by atoms with Gasteiger partial charge < -0.3 is 5.61 Å². The molecule has 1 aromatic rings. The summed E-state index contributed by atoms with van der Waals surface area (Å²) in [6.07, 6.45) is 13.3. The molecule has 0 aliphatic rings. The Balaban J connectivity index is 0. The fourth-order valence-electron chi connectivity index (χ4n) is 2.61. The Hall–Kier alpha value is -0.0300. The van der Waals surface area contributed by atoms with E-state index in [0.717, 1.165) is 12.8 Å². The molecule has 0 unspecified atom stereocenters. The second kappa shape index (κ2) is 15.2. The van der Waals surface area contributed by atoms with E-state index in [0.29, 0.717) is 12.2 Å². The predicted molar refractivity (Wildman–Crippen MR) is 98.4 cm³/mol. The molecule has 0 aliphatic carbocycles. The van der Waals surface area contributed by atoms with Gasteiger partial charge in [0.2, 0.25) is 0 Å². The van der Waals surface area contributed by atoms with Crippen molar-refractivity contribution in [3.05, 3.63) is 30.3 Å². The first kappa shape index (κ1) is 24.0. The smallest absolute Gasteiger partial charge is 1.00 e. The van der Waals surface area contributed by atoms with Gasteiger partial charge in [0.15, 0.2) is 0 Å². The summed E-state index contributed by atoms with van der Waals surface area (Å²) in [5.41, 5.74) is 0. The van der Waals surface area contributed by atoms with Crippen molar-refractivity contribution < 1.29 is 43.6 Å². The van der Waals surface area contributed by atoms with E-state index >= 15 is 0 Å². The molecule has 0 spiro atoms. The second-order valence-corrected chi connectivity index (χ2v) is 7.88. The van der Waals surface area contributed by atoms with Gasteiger partial charge in [0.25, 0.3) is 0 Å². The molecule has 0 radical (unpaired) electrons. The SMILES string of the molecule is CCCCCCCCCCCCCS(=O)(=O)Oc1ccccc1.[H-].[Na+]. The van der Waals surface area contributed by atoms with Crippen LogP contribution in [0.5, 0.6) is 5.75 Å². The van der Waals surface area contributed by atoms with Crippen LogP contribution in [0.1, 0.15) is 79.0 Å². The largest absolute Gasteiger partial charge is 1.00 e. The van der Waals surface area contributed by atoms with Crippen molar-refractivity contribution in [1.29, 1.82) is 0 Å². The zero-order valence-corrected chi connectivity index (χ0v) is 18.3. The quantitative estimate of drug-likeness (QED) is 0.290. The third-order valence-corrected chi connectivity index (χ3v) is 5.20. The van der Waals surface area contributed by atoms with Crippen LogP contribution in [0.2, 0.25) is 0 Å². The van der Waals surface area contributed by atoms with Crippen molar-refractivity contribution in [2.24, 2.45) is 0 Å². The van der Waals surface area contributed by atoms with Gasteiger partial charge in [-0.3, -0.25) is 0 Å². The monoisotopic (exact) mass is 364 g/mol. The predicted octanol–water partition coefficient (Wildman–Crippen LogP) is 2.82. The molecule has 3 nitrogen and oxygen atoms in total. The van der Waals surface area contributed by atoms with E-state index in [1.165, 1.54) is 51.4 Å². The molecule has 5 heteroatoms. The van der Waals surface area contributed by atoms with Crippen molar-refractivity contribution >= 4 is 10.1 Å². The Bertz CT molecular complexity index is 495. The molecule has 0 aliphatic heterocycles. The minimum absolute atomic E-state index is 0. The maximum Gasteiger partial charge on any atom is 1.00 e. The maximum absolute atomic E-state index is 11.8. The molecule has 1 aromatic carbocycles. The van der Waals surface area contributed by atoms with Crippen LogP contribution in [0.15, 0.2) is 30.3 Å². The van der Waals surface area contributed by atoms with Crippen LogP contribution in [-0.2, 0) is 10.1 Å². The van der Waals surface area contributed by atoms with Gasteiger partial charge in [-0.25, -0.2) is 0 Å². The van der Waals surface area contributed by atoms with E-state index in [-0.39, 0.29) is 36.7 Å². The van der Waals surface area contributed by atoms with Gasteiger partial charge in [-0.1, -0.05) is 89.3 Å². The third-order valence-electron chi connectivity index (χ3n) is 3.96. The summed E-state index contributed by atoms with van der Waals surface area (Å²) in [7, 11) is -3.44. The van der Waals surface area contributed by atoms with E-state index in [1.807, 2.05) is 6.07 Å². The normalized spacial score (nSPS) is 11.0. The number of unbranched alkanes of at least 4 members (excludes halogenated alkanes) is 10. The van der Waals surface area contributed by atoms with Gasteiger partial charge >= 0.3 is 39.7 Å². The summed E-state index contributed by atoms with van der Waals surface area (Å²) >= 11 is 0. The molecule has 1 rings (SSSR count). The Morgan fingerprint density at radius 2 is 1.25 bits per heavy atom. The molecule has 0 aromatic heterocycles. The van der Waals surface area contributed by atoms with Gasteiger partial charge in [-0.15, -0.1) is 0 Å². The molecule has 24 heavy (non-hydrogen) atoms. The van der Waals surface area contributed by atoms with E-state index in [4.69, 9.17) is 4.18 Å². The topological polar surface area (TPSA) is 43.4 Å². The zero-order valence-electron chi connectivity index (χ0n) is 16.5. The molecule has 0 atom stereocenters. The number of para-hydroxylation sites is 1. The molecular weight excluding hydrogens is 331 g/mol. The molecule has 0 saturated heterocycles. The first-order valence-electron chi connectivity index (χ1n) is 9.11. The van der Waals surface area contributed by atoms with Gasteiger partial charge in [0.1, 0.15) is 5.75 Å². The summed E-state index contributed by atoms with van der Waals surface area (Å²) < 4.78 is 28.7. The molecule has 134 valence electrons. The average Bonchev–Trinajstić information content (AvgIpc) is 2.53. The molecule has 0 bridgehead atoms. The van der Waals surface area contributed by atoms with Crippen molar-refractivity contribution in [2.45, 2.75) is 77.6 Å². The standard InChI is InChI=1S/C19H32O3S.Na.H/c1-2-3-4-5-6-7-8-9-10-11-15-18-23(20,21)22-19-16-13-12-14-17-19;;/h12-14,16-17H,2-11,15,18H2,1H3;;/q;+1;-1. The van der Waals surface area contributed by atoms with E-state index in [2.05, 4.69) is 6.92 Å². The van der Waals surface area contributed by atoms with Crippen molar-refractivity contribution in [2.75, 3.05) is 5.75 Å². The van der Waals surface area contributed by atoms with Gasteiger partial charge in [0, 0.05) is 0 Å². The van der Waals surface area contributed by atoms with Gasteiger partial charge in [-0.05, 0) is 18.6 Å². The summed E-state index contributed by atoms with van der Waals surface area (Å²) in [6, 6.07) is 8.71. The summed E-state index contributed by atoms with van der Waals surface area (Å²) in [6.45, 7) is 2.24. The molecular formula is C19H33NaO3S. The van der Waals surface area contributed by atoms with Crippen molar-refractivity contribution in [1.82, 2.24) is 0 Å². The molecule has 0 saturated carbocycles. The van der Waals surface area contributed by atoms with Crippen LogP contribution < -0.4 is 33.7 Å². The van der Waals surface area contributed by atoms with E-state index in [1.54, 1.807) is 24.3 Å². The summed E-state index contributed by atoms with van der Waals surface area (Å²) in [5, 5.41) is 0. The first-order chi connectivity index (χ1) is 11.1. The van der Waals surface area contributed by atoms with Crippen LogP contribution >= 0.6 is 0 Å². The molecule has 0 amide bonds. The molecule has 0 fully saturated rings. The number of rotatable bonds is 14. The Morgan fingerprint density at radius 1 is 0.792 bits per heavy atom. The minimum atomic E-state index is -3.44. The Kier molecular flexibility index (Phi) is 15.2. The van der Waals surface area contributed by atoms with Crippen LogP contribution in [-0.4, -0.2) is 14.2 Å². The zero-order chi connectivity index (χ0) is 16.8. The van der Waals surface area contributed by atoms with Crippen LogP contribution in [0, 0.1) is 0 Å². The minimum Gasteiger partial charge on any atom is -1.00 e. The Morgan fingerprint density at radius 3 is 1.75 bits per heavy atom. The van der Waals surface area contributed by atoms with Gasteiger partial charge in [-0.2, -0.15) is 8.42 Å². The van der Waals surface area contributed by atoms with Crippen LogP contribution in [0.25, 0.3) is 0 Å². The molecule has 0 heterocycles. The van der Waals surface area contributed by atoms with Crippen LogP contribution in [0.4, 0.5) is 0 Å². The number of hydrogen-bond donors (Lipinski definition) is 0. The second-order valence-electron chi connectivity index (χ2n) is 6.19. The van der Waals surface area contributed by atoms with Crippen molar-refractivity contribution in [3.8, 4) is 5.75 Å². The van der Waals surface area contributed by atoms with E-state index in [9.17, 15) is 8.42 Å². The number of hydrogen-bond acceptors (Lipinski definition) is 3. The summed E-state index contributed by atoms with van der Waals surface area (Å²) in [4.78, 5) is 0. The summed E-state index contributed by atoms with van der Waals surface area (Å²) in [5.74, 6) is 0.509. The average molecular weight is 365 g/mol. The Labute approximate surface area is 172 Å². The third kappa shape index (κ3) is 13.3. The molecule has 0 N–H and O–H groups in total. The maximum atomic E-state index is 11.8. The van der Waals surface area contributed by atoms with Gasteiger partial charge in [0.05, 0.1) is 5.75 Å². The first-order valence-corrected chi connectivity index (χ1v) is 10.7. The van der Waals surface area contributed by atoms with Crippen molar-refractivity contribution in [3.63, 3.8) is 0 Å². The van der Waals surface area contributed by atoms with E-state index < -0.39 is 10.1 Å². The van der Waals surface area contributed by atoms with Crippen LogP contribution in [0.3, 0.4) is 0 Å².